The second-order valence-corrected chi connectivity index (χ2v) is 29.4. The average molecular weight is 1310 g/mol. The van der Waals surface area contributed by atoms with Gasteiger partial charge in [0.05, 0.1) is 83.6 Å². The molecule has 91 heavy (non-hydrogen) atoms. The first kappa shape index (κ1) is 79.2. The van der Waals surface area contributed by atoms with Crippen molar-refractivity contribution >= 4 is 23.5 Å². The summed E-state index contributed by atoms with van der Waals surface area (Å²) in [5, 5.41) is 119. The highest BCUT2D eigenvalue weighted by atomic mass is 16.7. The van der Waals surface area contributed by atoms with Crippen LogP contribution in [0.2, 0.25) is 0 Å². The molecule has 0 radical (unpaired) electrons. The molecule has 5 rings (SSSR count). The Morgan fingerprint density at radius 3 is 1.27 bits per heavy atom. The molecule has 5 aliphatic rings. The van der Waals surface area contributed by atoms with Gasteiger partial charge in [-0.1, -0.05) is 55.4 Å². The van der Waals surface area contributed by atoms with E-state index in [0.29, 0.717) is 25.9 Å². The van der Waals surface area contributed by atoms with Crippen LogP contribution in [0.25, 0.3) is 0 Å². The lowest BCUT2D eigenvalue weighted by molar-refractivity contribution is -0.318. The minimum atomic E-state index is -2.09. The number of aliphatic hydroxyl groups is 10. The van der Waals surface area contributed by atoms with Crippen LogP contribution in [0.3, 0.4) is 0 Å². The third-order valence-corrected chi connectivity index (χ3v) is 21.5. The molecule has 5 saturated heterocycles. The first-order valence-corrected chi connectivity index (χ1v) is 33.2. The van der Waals surface area contributed by atoms with Crippen molar-refractivity contribution in [1.82, 2.24) is 9.80 Å². The van der Waals surface area contributed by atoms with Gasteiger partial charge in [-0.15, -0.1) is 0 Å². The number of carbonyl (C=O) groups excluding carboxylic acids is 4. The van der Waals surface area contributed by atoms with Crippen LogP contribution in [-0.4, -0.2) is 263 Å². The molecular formula is C66H118N2O23. The van der Waals surface area contributed by atoms with E-state index in [1.54, 1.807) is 69.2 Å². The molecule has 32 atom stereocenters. The SMILES string of the molecule is CC[C@H]1OC(=O)[C@H](C)[C@@H](O)[C@H](C)[C@@H](OC2OC(C)CC(N(C)CCN(C)C3CC(C)OC(O[C@@H]4[C@@H](C)[C@H](OC5CC(C)(OC)C(O)C(C)O5)[C@@H](C)C(=O)O[C@H](CC)[C@@](C)(O)[C@H](O)[C@@H](C)C(=O)[C@H](C)C[C@]4(C)O)C3O)C2O)[C@@](C)(O)C[C@@H](C)C(=O)[C@H](C)[C@@H](O)[C@]1(C)O. The molecule has 5 fully saturated rings. The molecule has 0 spiro atoms. The van der Waals surface area contributed by atoms with Gasteiger partial charge in [0.2, 0.25) is 0 Å². The molecule has 12 unspecified atom stereocenters. The quantitative estimate of drug-likeness (QED) is 0.112. The molecule has 10 N–H and O–H groups in total. The maximum absolute atomic E-state index is 14.5. The summed E-state index contributed by atoms with van der Waals surface area (Å²) in [7, 11) is 5.09. The standard InChI is InChI=1S/C66H118N2O23/c1-22-44-65(17,81)53(74)35(7)47(69)31(3)28-62(14,79)56(37(9)49(71)38(10)58(77)87-44)90-60-50(72)42(26-33(5)84-60)67(19)24-25-68(20)43-27-34(6)85-61(51(43)73)91-57-39(11)52(89-46-30-64(16,83-21)55(76)41(13)86-46)40(12)59(78)88-45(23-2)66(18,82)54(75)36(8)48(70)32(4)29-63(57,15)80/h31-46,49-57,60-61,71-76,79-82H,22-30H2,1-21H3/t31-,32-,33?,34?,35+,36+,37+,38-,39+,40-,41?,42?,43?,44-,45-,46?,49+,50?,51?,52+,53-,54-,55?,56-,57-,60?,61?,62+,63+,64?,65-,66-/m1/s1. The molecule has 530 valence electrons. The lowest BCUT2D eigenvalue weighted by Crippen LogP contribution is -2.62. The number of ketones is 2. The van der Waals surface area contributed by atoms with E-state index in [2.05, 4.69) is 0 Å². The Balaban J connectivity index is 1.43. The summed E-state index contributed by atoms with van der Waals surface area (Å²) in [5.74, 6) is -11.4. The van der Waals surface area contributed by atoms with E-state index in [9.17, 15) is 70.2 Å². The van der Waals surface area contributed by atoms with E-state index >= 15 is 0 Å². The van der Waals surface area contributed by atoms with E-state index in [1.165, 1.54) is 55.6 Å². The molecule has 25 nitrogen and oxygen atoms in total. The van der Waals surface area contributed by atoms with Crippen molar-refractivity contribution in [2.45, 2.75) is 314 Å². The Labute approximate surface area is 540 Å². The van der Waals surface area contributed by atoms with Crippen LogP contribution in [0.4, 0.5) is 0 Å². The third-order valence-electron chi connectivity index (χ3n) is 21.5. The van der Waals surface area contributed by atoms with Gasteiger partial charge in [-0.3, -0.25) is 29.0 Å². The number of ether oxygens (including phenoxy) is 9. The first-order chi connectivity index (χ1) is 41.9. The fourth-order valence-corrected chi connectivity index (χ4v) is 15.3. The van der Waals surface area contributed by atoms with Gasteiger partial charge in [0.1, 0.15) is 53.3 Å². The highest BCUT2D eigenvalue weighted by molar-refractivity contribution is 5.84. The predicted octanol–water partition coefficient (Wildman–Crippen LogP) is 2.40. The van der Waals surface area contributed by atoms with Crippen molar-refractivity contribution in [2.24, 2.45) is 47.3 Å². The monoisotopic (exact) mass is 1310 g/mol. The van der Waals surface area contributed by atoms with Crippen LogP contribution in [0, 0.1) is 47.3 Å². The zero-order valence-corrected chi connectivity index (χ0v) is 58.1. The minimum Gasteiger partial charge on any atom is -0.459 e. The number of rotatable bonds is 14. The van der Waals surface area contributed by atoms with Gasteiger partial charge in [0.15, 0.2) is 18.9 Å². The molecule has 0 aliphatic carbocycles. The summed E-state index contributed by atoms with van der Waals surface area (Å²) in [6.07, 6.45) is -20.7. The lowest BCUT2D eigenvalue weighted by Gasteiger charge is -2.49. The summed E-state index contributed by atoms with van der Waals surface area (Å²) < 4.78 is 56.7. The Morgan fingerprint density at radius 2 is 0.890 bits per heavy atom. The Morgan fingerprint density at radius 1 is 0.505 bits per heavy atom. The normalized spacial score (nSPS) is 49.4. The van der Waals surface area contributed by atoms with Gasteiger partial charge in [-0.25, -0.2) is 0 Å². The van der Waals surface area contributed by atoms with Gasteiger partial charge >= 0.3 is 11.9 Å². The number of Topliss-reactive ketones (excluding diaryl/α,β-unsaturated/α-hetero) is 2. The van der Waals surface area contributed by atoms with E-state index < -0.39 is 215 Å². The predicted molar refractivity (Wildman–Crippen MR) is 331 cm³/mol. The summed E-state index contributed by atoms with van der Waals surface area (Å²) in [6.45, 7) is 28.8. The van der Waals surface area contributed by atoms with Crippen molar-refractivity contribution in [2.75, 3.05) is 34.3 Å². The number of hydrogen-bond acceptors (Lipinski definition) is 25. The summed E-state index contributed by atoms with van der Waals surface area (Å²) in [6, 6.07) is -1.26. The molecule has 0 aromatic rings. The van der Waals surface area contributed by atoms with E-state index in [-0.39, 0.29) is 32.1 Å². The number of cyclic esters (lactones) is 2. The second-order valence-electron chi connectivity index (χ2n) is 29.4. The summed E-state index contributed by atoms with van der Waals surface area (Å²) >= 11 is 0. The molecule has 0 aromatic carbocycles. The van der Waals surface area contributed by atoms with E-state index in [1.807, 2.05) is 30.8 Å². The zero-order chi connectivity index (χ0) is 69.3. The summed E-state index contributed by atoms with van der Waals surface area (Å²) in [4.78, 5) is 60.3. The van der Waals surface area contributed by atoms with Crippen LogP contribution in [0.15, 0.2) is 0 Å². The van der Waals surface area contributed by atoms with Gasteiger partial charge in [0.25, 0.3) is 0 Å². The minimum absolute atomic E-state index is 0.00724. The average Bonchev–Trinajstić information content (AvgIpc) is 0.860. The van der Waals surface area contributed by atoms with Gasteiger partial charge in [-0.05, 0) is 122 Å². The molecule has 25 heteroatoms. The van der Waals surface area contributed by atoms with Gasteiger partial charge in [0, 0.05) is 74.2 Å². The Bertz CT molecular complexity index is 2380. The second kappa shape index (κ2) is 31.4. The fraction of sp³-hybridized carbons (Fsp3) is 0.939. The van der Waals surface area contributed by atoms with Gasteiger partial charge < -0.3 is 93.7 Å². The van der Waals surface area contributed by atoms with E-state index in [0.717, 1.165) is 0 Å². The highest BCUT2D eigenvalue weighted by Gasteiger charge is 2.56. The van der Waals surface area contributed by atoms with Crippen molar-refractivity contribution in [3.63, 3.8) is 0 Å². The highest BCUT2D eigenvalue weighted by Crippen LogP contribution is 2.43. The van der Waals surface area contributed by atoms with Crippen molar-refractivity contribution in [1.29, 1.82) is 0 Å². The van der Waals surface area contributed by atoms with E-state index in [4.69, 9.17) is 42.6 Å². The molecule has 5 aliphatic heterocycles. The molecule has 0 bridgehead atoms. The molecule has 0 saturated carbocycles. The molecule has 5 heterocycles. The zero-order valence-electron chi connectivity index (χ0n) is 58.1. The Hall–Kier alpha value is -2.48. The third kappa shape index (κ3) is 17.6. The van der Waals surface area contributed by atoms with Crippen LogP contribution in [0.1, 0.15) is 170 Å². The maximum Gasteiger partial charge on any atom is 0.311 e. The lowest BCUT2D eigenvalue weighted by atomic mass is 9.74. The van der Waals surface area contributed by atoms with Crippen LogP contribution in [0.5, 0.6) is 0 Å². The number of esters is 2. The summed E-state index contributed by atoms with van der Waals surface area (Å²) in [5.41, 5.74) is -9.18. The maximum atomic E-state index is 14.5. The van der Waals surface area contributed by atoms with Crippen molar-refractivity contribution in [3.05, 3.63) is 0 Å². The number of likely N-dealkylation sites (N-methyl/N-ethyl adjacent to an activating group) is 2. The van der Waals surface area contributed by atoms with Crippen LogP contribution < -0.4 is 0 Å². The van der Waals surface area contributed by atoms with Crippen molar-refractivity contribution in [3.8, 4) is 0 Å². The fourth-order valence-electron chi connectivity index (χ4n) is 15.3. The number of nitrogens with zero attached hydrogens (tertiary/aromatic N) is 2. The Kier molecular flexibility index (Phi) is 27.3. The van der Waals surface area contributed by atoms with Gasteiger partial charge in [-0.2, -0.15) is 0 Å². The topological polar surface area (TPSA) is 360 Å². The smallest absolute Gasteiger partial charge is 0.311 e. The molecule has 0 aromatic heterocycles. The first-order valence-electron chi connectivity index (χ1n) is 33.2. The largest absolute Gasteiger partial charge is 0.459 e. The van der Waals surface area contributed by atoms with Crippen LogP contribution in [-0.2, 0) is 61.8 Å². The molecule has 0 amide bonds. The van der Waals surface area contributed by atoms with Crippen LogP contribution >= 0.6 is 0 Å². The number of carbonyl (C=O) groups is 4. The number of methoxy groups -OCH3 is 1. The molecular weight excluding hydrogens is 1190 g/mol. The number of aliphatic hydroxyl groups excluding tert-OH is 6. The number of hydrogen-bond donors (Lipinski definition) is 10. The van der Waals surface area contributed by atoms with Crippen molar-refractivity contribution < 1.29 is 113 Å².